The predicted molar refractivity (Wildman–Crippen MR) is 102 cm³/mol. The molecular formula is C20H23N3O4. The number of nitro groups is 1. The van der Waals surface area contributed by atoms with Crippen molar-refractivity contribution >= 4 is 11.6 Å². The van der Waals surface area contributed by atoms with Crippen LogP contribution in [0.2, 0.25) is 0 Å². The van der Waals surface area contributed by atoms with Gasteiger partial charge in [-0.25, -0.2) is 0 Å². The zero-order valence-corrected chi connectivity index (χ0v) is 15.1. The van der Waals surface area contributed by atoms with E-state index < -0.39 is 4.92 Å². The van der Waals surface area contributed by atoms with Crippen molar-refractivity contribution in [3.8, 4) is 5.75 Å². The topological polar surface area (TPSA) is 75.9 Å². The van der Waals surface area contributed by atoms with Gasteiger partial charge >= 0.3 is 0 Å². The van der Waals surface area contributed by atoms with E-state index >= 15 is 0 Å². The predicted octanol–water partition coefficient (Wildman–Crippen LogP) is 2.36. The van der Waals surface area contributed by atoms with Crippen molar-refractivity contribution in [1.29, 1.82) is 0 Å². The van der Waals surface area contributed by atoms with E-state index in [0.29, 0.717) is 18.8 Å². The molecule has 27 heavy (non-hydrogen) atoms. The minimum absolute atomic E-state index is 0.000279. The number of non-ortho nitro benzene ring substituents is 1. The highest BCUT2D eigenvalue weighted by molar-refractivity contribution is 5.77. The van der Waals surface area contributed by atoms with Gasteiger partial charge in [-0.3, -0.25) is 19.8 Å². The average Bonchev–Trinajstić information content (AvgIpc) is 2.72. The summed E-state index contributed by atoms with van der Waals surface area (Å²) in [7, 11) is 0. The van der Waals surface area contributed by atoms with E-state index in [2.05, 4.69) is 29.2 Å². The van der Waals surface area contributed by atoms with Gasteiger partial charge in [-0.1, -0.05) is 30.3 Å². The number of hydrogen-bond donors (Lipinski definition) is 0. The van der Waals surface area contributed by atoms with Gasteiger partial charge in [-0.15, -0.1) is 0 Å². The fourth-order valence-electron chi connectivity index (χ4n) is 3.05. The van der Waals surface area contributed by atoms with E-state index in [9.17, 15) is 14.9 Å². The van der Waals surface area contributed by atoms with Crippen molar-refractivity contribution in [3.63, 3.8) is 0 Å². The fraction of sp³-hybridized carbons (Fsp3) is 0.350. The molecular weight excluding hydrogens is 346 g/mol. The second kappa shape index (κ2) is 9.14. The minimum Gasteiger partial charge on any atom is -0.484 e. The van der Waals surface area contributed by atoms with Gasteiger partial charge in [0.25, 0.3) is 11.6 Å². The van der Waals surface area contributed by atoms with Gasteiger partial charge in [-0.05, 0) is 24.1 Å². The summed E-state index contributed by atoms with van der Waals surface area (Å²) in [6.07, 6.45) is 1.01. The maximum absolute atomic E-state index is 12.3. The van der Waals surface area contributed by atoms with E-state index in [1.54, 1.807) is 0 Å². The molecule has 0 radical (unpaired) electrons. The molecule has 1 aliphatic rings. The molecule has 0 atom stereocenters. The van der Waals surface area contributed by atoms with Crippen LogP contribution in [-0.2, 0) is 11.2 Å². The minimum atomic E-state index is -0.466. The number of rotatable bonds is 7. The second-order valence-electron chi connectivity index (χ2n) is 6.50. The maximum Gasteiger partial charge on any atom is 0.269 e. The molecule has 0 N–H and O–H groups in total. The lowest BCUT2D eigenvalue weighted by Crippen LogP contribution is -2.50. The van der Waals surface area contributed by atoms with Crippen LogP contribution in [0.25, 0.3) is 0 Å². The molecule has 1 heterocycles. The van der Waals surface area contributed by atoms with Crippen LogP contribution in [0, 0.1) is 10.1 Å². The van der Waals surface area contributed by atoms with Gasteiger partial charge in [0.15, 0.2) is 6.61 Å². The van der Waals surface area contributed by atoms with E-state index in [1.807, 2.05) is 11.0 Å². The summed E-state index contributed by atoms with van der Waals surface area (Å²) in [5.74, 6) is 0.395. The molecule has 1 fully saturated rings. The smallest absolute Gasteiger partial charge is 0.269 e. The lowest BCUT2D eigenvalue weighted by Gasteiger charge is -2.34. The third-order valence-corrected chi connectivity index (χ3v) is 4.69. The number of nitro benzene ring substituents is 1. The maximum atomic E-state index is 12.3. The normalized spacial score (nSPS) is 14.7. The monoisotopic (exact) mass is 369 g/mol. The SMILES string of the molecule is O=C(COc1ccc([N+](=O)[O-])cc1)N1CCN(CCc2ccccc2)CC1. The Labute approximate surface area is 158 Å². The number of amides is 1. The Morgan fingerprint density at radius 1 is 1.00 bits per heavy atom. The Morgan fingerprint density at radius 2 is 1.67 bits per heavy atom. The van der Waals surface area contributed by atoms with Gasteiger partial charge in [0.2, 0.25) is 0 Å². The summed E-state index contributed by atoms with van der Waals surface area (Å²) in [6, 6.07) is 16.1. The van der Waals surface area contributed by atoms with Crippen molar-refractivity contribution in [2.24, 2.45) is 0 Å². The molecule has 142 valence electrons. The first-order valence-electron chi connectivity index (χ1n) is 9.03. The Balaban J connectivity index is 1.38. The van der Waals surface area contributed by atoms with Gasteiger partial charge < -0.3 is 9.64 Å². The highest BCUT2D eigenvalue weighted by Gasteiger charge is 2.21. The van der Waals surface area contributed by atoms with Gasteiger partial charge in [-0.2, -0.15) is 0 Å². The Bertz CT molecular complexity index is 757. The molecule has 0 bridgehead atoms. The summed E-state index contributed by atoms with van der Waals surface area (Å²) in [5, 5.41) is 10.6. The fourth-order valence-corrected chi connectivity index (χ4v) is 3.05. The van der Waals surface area contributed by atoms with Crippen molar-refractivity contribution in [2.45, 2.75) is 6.42 Å². The summed E-state index contributed by atoms with van der Waals surface area (Å²) in [5.41, 5.74) is 1.33. The van der Waals surface area contributed by atoms with Crippen LogP contribution in [0.3, 0.4) is 0 Å². The van der Waals surface area contributed by atoms with Crippen LogP contribution in [-0.4, -0.2) is 60.0 Å². The average molecular weight is 369 g/mol. The van der Waals surface area contributed by atoms with Crippen LogP contribution in [0.5, 0.6) is 5.75 Å². The Morgan fingerprint density at radius 3 is 2.30 bits per heavy atom. The number of ether oxygens (including phenoxy) is 1. The standard InChI is InChI=1S/C20H23N3O4/c24-20(16-27-19-8-6-18(7-9-19)23(25)26)22-14-12-21(13-15-22)11-10-17-4-2-1-3-5-17/h1-9H,10-16H2. The van der Waals surface area contributed by atoms with E-state index in [0.717, 1.165) is 26.1 Å². The molecule has 3 rings (SSSR count). The van der Waals surface area contributed by atoms with E-state index in [4.69, 9.17) is 4.74 Å². The molecule has 0 unspecified atom stereocenters. The zero-order chi connectivity index (χ0) is 19.1. The van der Waals surface area contributed by atoms with Crippen LogP contribution in [0.15, 0.2) is 54.6 Å². The first-order valence-corrected chi connectivity index (χ1v) is 9.03. The number of carbonyl (C=O) groups excluding carboxylic acids is 1. The molecule has 7 heteroatoms. The largest absolute Gasteiger partial charge is 0.484 e. The van der Waals surface area contributed by atoms with E-state index in [-0.39, 0.29) is 18.2 Å². The number of benzene rings is 2. The van der Waals surface area contributed by atoms with Gasteiger partial charge in [0.05, 0.1) is 4.92 Å². The summed E-state index contributed by atoms with van der Waals surface area (Å²) in [4.78, 5) is 26.7. The molecule has 1 aliphatic heterocycles. The van der Waals surface area contributed by atoms with E-state index in [1.165, 1.54) is 29.8 Å². The summed E-state index contributed by atoms with van der Waals surface area (Å²) in [6.45, 7) is 4.04. The number of hydrogen-bond acceptors (Lipinski definition) is 5. The van der Waals surface area contributed by atoms with Crippen LogP contribution >= 0.6 is 0 Å². The number of carbonyl (C=O) groups is 1. The van der Waals surface area contributed by atoms with Crippen molar-refractivity contribution in [2.75, 3.05) is 39.3 Å². The molecule has 2 aromatic rings. The molecule has 0 saturated carbocycles. The van der Waals surface area contributed by atoms with Crippen LogP contribution < -0.4 is 4.74 Å². The highest BCUT2D eigenvalue weighted by Crippen LogP contribution is 2.17. The summed E-state index contributed by atoms with van der Waals surface area (Å²) >= 11 is 0. The van der Waals surface area contributed by atoms with Crippen molar-refractivity contribution < 1.29 is 14.5 Å². The second-order valence-corrected chi connectivity index (χ2v) is 6.50. The zero-order valence-electron chi connectivity index (χ0n) is 15.1. The molecule has 7 nitrogen and oxygen atoms in total. The van der Waals surface area contributed by atoms with Crippen LogP contribution in [0.1, 0.15) is 5.56 Å². The van der Waals surface area contributed by atoms with Gasteiger partial charge in [0.1, 0.15) is 5.75 Å². The molecule has 1 saturated heterocycles. The quantitative estimate of drug-likeness (QED) is 0.553. The molecule has 2 aromatic carbocycles. The Kier molecular flexibility index (Phi) is 6.38. The molecule has 0 spiro atoms. The lowest BCUT2D eigenvalue weighted by molar-refractivity contribution is -0.384. The first kappa shape index (κ1) is 18.8. The first-order chi connectivity index (χ1) is 13.1. The van der Waals surface area contributed by atoms with Crippen LogP contribution in [0.4, 0.5) is 5.69 Å². The van der Waals surface area contributed by atoms with Crippen molar-refractivity contribution in [3.05, 3.63) is 70.3 Å². The summed E-state index contributed by atoms with van der Waals surface area (Å²) < 4.78 is 5.46. The molecule has 0 aromatic heterocycles. The number of nitrogens with zero attached hydrogens (tertiary/aromatic N) is 3. The third kappa shape index (κ3) is 5.52. The highest BCUT2D eigenvalue weighted by atomic mass is 16.6. The molecule has 0 aliphatic carbocycles. The lowest BCUT2D eigenvalue weighted by atomic mass is 10.1. The third-order valence-electron chi connectivity index (χ3n) is 4.69. The molecule has 1 amide bonds. The van der Waals surface area contributed by atoms with Crippen molar-refractivity contribution in [1.82, 2.24) is 9.80 Å². The number of piperazine rings is 1. The van der Waals surface area contributed by atoms with Gasteiger partial charge in [0, 0.05) is 44.9 Å². The Hall–Kier alpha value is -2.93.